The number of esters is 2. The van der Waals surface area contributed by atoms with Crippen LogP contribution in [0, 0.1) is 11.8 Å². The van der Waals surface area contributed by atoms with E-state index in [-0.39, 0.29) is 24.9 Å². The van der Waals surface area contributed by atoms with Crippen molar-refractivity contribution in [3.05, 3.63) is 0 Å². The molecule has 1 N–H and O–H groups in total. The van der Waals surface area contributed by atoms with E-state index in [0.717, 1.165) is 0 Å². The minimum absolute atomic E-state index is 0.0942. The second-order valence-corrected chi connectivity index (χ2v) is 4.13. The molecule has 0 unspecified atom stereocenters. The van der Waals surface area contributed by atoms with Crippen LogP contribution in [0.2, 0.25) is 0 Å². The van der Waals surface area contributed by atoms with Gasteiger partial charge in [-0.15, -0.1) is 0 Å². The average molecular weight is 232 g/mol. The van der Waals surface area contributed by atoms with Gasteiger partial charge in [-0.3, -0.25) is 9.59 Å². The largest absolute Gasteiger partial charge is 0.425 e. The van der Waals surface area contributed by atoms with Gasteiger partial charge in [-0.25, -0.2) is 0 Å². The Kier molecular flexibility index (Phi) is 6.72. The highest BCUT2D eigenvalue weighted by atomic mass is 16.7. The summed E-state index contributed by atoms with van der Waals surface area (Å²) in [6.45, 7) is 6.53. The van der Waals surface area contributed by atoms with Crippen molar-refractivity contribution in [3.8, 4) is 0 Å². The summed E-state index contributed by atoms with van der Waals surface area (Å²) in [5.41, 5.74) is 0. The van der Waals surface area contributed by atoms with Crippen LogP contribution in [0.15, 0.2) is 0 Å². The molecule has 0 saturated heterocycles. The standard InChI is InChI=1S/C11H20O5/c1-7(2)10(13)15-9(5-6-12)16-11(14)8(3)4/h7-9,12H,5-6H2,1-4H3. The van der Waals surface area contributed by atoms with Gasteiger partial charge in [0, 0.05) is 6.42 Å². The number of aliphatic hydroxyl groups excluding tert-OH is 1. The molecular formula is C11H20O5. The van der Waals surface area contributed by atoms with Gasteiger partial charge in [-0.05, 0) is 0 Å². The number of aliphatic hydroxyl groups is 1. The number of ether oxygens (including phenoxy) is 2. The Bertz CT molecular complexity index is 213. The SMILES string of the molecule is CC(C)C(=O)OC(CCO)OC(=O)C(C)C. The molecule has 0 rings (SSSR count). The van der Waals surface area contributed by atoms with E-state index < -0.39 is 18.2 Å². The first-order valence-corrected chi connectivity index (χ1v) is 5.40. The lowest BCUT2D eigenvalue weighted by Gasteiger charge is -2.19. The van der Waals surface area contributed by atoms with Crippen molar-refractivity contribution in [3.63, 3.8) is 0 Å². The molecule has 0 radical (unpaired) electrons. The lowest BCUT2D eigenvalue weighted by atomic mass is 10.2. The second kappa shape index (κ2) is 7.22. The molecule has 0 aliphatic carbocycles. The van der Waals surface area contributed by atoms with Gasteiger partial charge in [0.1, 0.15) is 0 Å². The van der Waals surface area contributed by atoms with Crippen LogP contribution in [-0.4, -0.2) is 29.9 Å². The molecule has 0 fully saturated rings. The van der Waals surface area contributed by atoms with Gasteiger partial charge in [0.05, 0.1) is 18.4 Å². The third-order valence-electron chi connectivity index (χ3n) is 1.80. The van der Waals surface area contributed by atoms with Gasteiger partial charge in [-0.1, -0.05) is 27.7 Å². The Hall–Kier alpha value is -1.10. The van der Waals surface area contributed by atoms with E-state index in [4.69, 9.17) is 14.6 Å². The zero-order chi connectivity index (χ0) is 12.7. The number of hydrogen-bond donors (Lipinski definition) is 1. The summed E-state index contributed by atoms with van der Waals surface area (Å²) in [6, 6.07) is 0. The first-order valence-electron chi connectivity index (χ1n) is 5.40. The summed E-state index contributed by atoms with van der Waals surface area (Å²) >= 11 is 0. The van der Waals surface area contributed by atoms with E-state index in [1.807, 2.05) is 0 Å². The van der Waals surface area contributed by atoms with E-state index >= 15 is 0 Å². The minimum atomic E-state index is -0.991. The van der Waals surface area contributed by atoms with Crippen LogP contribution in [0.5, 0.6) is 0 Å². The lowest BCUT2D eigenvalue weighted by molar-refractivity contribution is -0.194. The molecule has 0 aromatic rings. The Morgan fingerprint density at radius 2 is 1.38 bits per heavy atom. The van der Waals surface area contributed by atoms with Gasteiger partial charge in [0.2, 0.25) is 6.29 Å². The summed E-state index contributed by atoms with van der Waals surface area (Å²) in [5, 5.41) is 8.76. The highest BCUT2D eigenvalue weighted by molar-refractivity contribution is 5.73. The van der Waals surface area contributed by atoms with Crippen molar-refractivity contribution in [1.29, 1.82) is 0 Å². The molecular weight excluding hydrogens is 212 g/mol. The van der Waals surface area contributed by atoms with Gasteiger partial charge < -0.3 is 14.6 Å². The predicted molar refractivity (Wildman–Crippen MR) is 57.4 cm³/mol. The van der Waals surface area contributed by atoms with Crippen LogP contribution in [0.25, 0.3) is 0 Å². The number of carbonyl (C=O) groups is 2. The van der Waals surface area contributed by atoms with Crippen LogP contribution < -0.4 is 0 Å². The van der Waals surface area contributed by atoms with Crippen molar-refractivity contribution in [2.75, 3.05) is 6.61 Å². The minimum Gasteiger partial charge on any atom is -0.425 e. The molecule has 0 saturated carbocycles. The van der Waals surface area contributed by atoms with Crippen molar-refractivity contribution < 1.29 is 24.2 Å². The fourth-order valence-corrected chi connectivity index (χ4v) is 0.779. The number of carbonyl (C=O) groups excluding carboxylic acids is 2. The van der Waals surface area contributed by atoms with E-state index in [0.29, 0.717) is 0 Å². The van der Waals surface area contributed by atoms with Gasteiger partial charge in [0.25, 0.3) is 0 Å². The average Bonchev–Trinajstić information content (AvgIpc) is 2.17. The summed E-state index contributed by atoms with van der Waals surface area (Å²) in [6.07, 6.45) is -0.897. The molecule has 94 valence electrons. The third kappa shape index (κ3) is 5.70. The van der Waals surface area contributed by atoms with Crippen molar-refractivity contribution in [2.24, 2.45) is 11.8 Å². The highest BCUT2D eigenvalue weighted by Gasteiger charge is 2.21. The maximum absolute atomic E-state index is 11.3. The van der Waals surface area contributed by atoms with Gasteiger partial charge >= 0.3 is 11.9 Å². The van der Waals surface area contributed by atoms with Crippen molar-refractivity contribution in [1.82, 2.24) is 0 Å². The molecule has 0 amide bonds. The topological polar surface area (TPSA) is 72.8 Å². The summed E-state index contributed by atoms with van der Waals surface area (Å²) < 4.78 is 9.86. The molecule has 0 aliphatic heterocycles. The zero-order valence-corrected chi connectivity index (χ0v) is 10.2. The molecule has 0 aliphatic rings. The molecule has 0 bridgehead atoms. The van der Waals surface area contributed by atoms with Gasteiger partial charge in [0.15, 0.2) is 0 Å². The molecule has 5 heteroatoms. The van der Waals surface area contributed by atoms with E-state index in [1.54, 1.807) is 27.7 Å². The Labute approximate surface area is 95.7 Å². The van der Waals surface area contributed by atoms with Crippen LogP contribution in [0.4, 0.5) is 0 Å². The van der Waals surface area contributed by atoms with Crippen LogP contribution >= 0.6 is 0 Å². The quantitative estimate of drug-likeness (QED) is 0.548. The van der Waals surface area contributed by atoms with Crippen LogP contribution in [0.1, 0.15) is 34.1 Å². The third-order valence-corrected chi connectivity index (χ3v) is 1.80. The van der Waals surface area contributed by atoms with Crippen molar-refractivity contribution in [2.45, 2.75) is 40.4 Å². The first kappa shape index (κ1) is 14.9. The predicted octanol–water partition coefficient (Wildman–Crippen LogP) is 1.09. The highest BCUT2D eigenvalue weighted by Crippen LogP contribution is 2.08. The van der Waals surface area contributed by atoms with Crippen LogP contribution in [0.3, 0.4) is 0 Å². The second-order valence-electron chi connectivity index (χ2n) is 4.13. The fourth-order valence-electron chi connectivity index (χ4n) is 0.779. The van der Waals surface area contributed by atoms with E-state index in [1.165, 1.54) is 0 Å². The molecule has 0 heterocycles. The van der Waals surface area contributed by atoms with Gasteiger partial charge in [-0.2, -0.15) is 0 Å². The molecule has 0 atom stereocenters. The summed E-state index contributed by atoms with van der Waals surface area (Å²) in [7, 11) is 0. The molecule has 0 spiro atoms. The Morgan fingerprint density at radius 1 is 1.00 bits per heavy atom. The van der Waals surface area contributed by atoms with Crippen molar-refractivity contribution >= 4 is 11.9 Å². The smallest absolute Gasteiger partial charge is 0.311 e. The monoisotopic (exact) mass is 232 g/mol. The molecule has 16 heavy (non-hydrogen) atoms. The first-order chi connectivity index (χ1) is 7.38. The molecule has 0 aromatic carbocycles. The molecule has 5 nitrogen and oxygen atoms in total. The summed E-state index contributed by atoms with van der Waals surface area (Å²) in [4.78, 5) is 22.6. The van der Waals surface area contributed by atoms with E-state index in [9.17, 15) is 9.59 Å². The van der Waals surface area contributed by atoms with Crippen LogP contribution in [-0.2, 0) is 19.1 Å². The number of rotatable bonds is 6. The normalized spacial score (nSPS) is 11.0. The maximum Gasteiger partial charge on any atom is 0.311 e. The van der Waals surface area contributed by atoms with E-state index in [2.05, 4.69) is 0 Å². The Balaban J connectivity index is 4.27. The Morgan fingerprint density at radius 3 is 1.62 bits per heavy atom. The lowest BCUT2D eigenvalue weighted by Crippen LogP contribution is -2.29. The maximum atomic E-state index is 11.3. The fraction of sp³-hybridized carbons (Fsp3) is 0.818. The number of hydrogen-bond acceptors (Lipinski definition) is 5. The molecule has 0 aromatic heterocycles. The summed E-state index contributed by atoms with van der Waals surface area (Å²) in [5.74, 6) is -1.48. The zero-order valence-electron chi connectivity index (χ0n) is 10.2.